The highest BCUT2D eigenvalue weighted by Gasteiger charge is 2.26. The van der Waals surface area contributed by atoms with Gasteiger partial charge in [0.1, 0.15) is 12.4 Å². The monoisotopic (exact) mass is 418 g/mol. The Morgan fingerprint density at radius 3 is 2.45 bits per heavy atom. The van der Waals surface area contributed by atoms with E-state index >= 15 is 0 Å². The van der Waals surface area contributed by atoms with Crippen molar-refractivity contribution in [3.63, 3.8) is 0 Å². The molecule has 0 bridgehead atoms. The number of hydrogen-bond donors (Lipinski definition) is 1. The van der Waals surface area contributed by atoms with Gasteiger partial charge < -0.3 is 14.8 Å². The highest BCUT2D eigenvalue weighted by atomic mass is 32.2. The van der Waals surface area contributed by atoms with Gasteiger partial charge in [0.05, 0.1) is 24.2 Å². The van der Waals surface area contributed by atoms with Crippen molar-refractivity contribution in [1.29, 1.82) is 0 Å². The number of sulfonamides is 1. The Labute approximate surface area is 171 Å². The molecule has 7 nitrogen and oxygen atoms in total. The third kappa shape index (κ3) is 5.35. The van der Waals surface area contributed by atoms with Gasteiger partial charge in [-0.1, -0.05) is 18.2 Å². The van der Waals surface area contributed by atoms with E-state index in [4.69, 9.17) is 9.47 Å². The minimum absolute atomic E-state index is 0.173. The molecule has 2 aromatic carbocycles. The van der Waals surface area contributed by atoms with E-state index in [0.717, 1.165) is 11.3 Å². The summed E-state index contributed by atoms with van der Waals surface area (Å²) in [5.41, 5.74) is 1.43. The summed E-state index contributed by atoms with van der Waals surface area (Å²) in [6.07, 6.45) is 0. The highest BCUT2D eigenvalue weighted by molar-refractivity contribution is 7.89. The molecule has 1 amide bonds. The first kappa shape index (κ1) is 21.3. The largest absolute Gasteiger partial charge is 0.491 e. The maximum Gasteiger partial charge on any atom is 0.251 e. The van der Waals surface area contributed by atoms with Crippen molar-refractivity contribution in [2.45, 2.75) is 24.8 Å². The lowest BCUT2D eigenvalue weighted by atomic mass is 10.2. The van der Waals surface area contributed by atoms with Crippen LogP contribution in [0.4, 0.5) is 0 Å². The van der Waals surface area contributed by atoms with Crippen LogP contribution in [-0.2, 0) is 14.8 Å². The van der Waals surface area contributed by atoms with Crippen LogP contribution in [0.1, 0.15) is 22.8 Å². The number of benzene rings is 2. The van der Waals surface area contributed by atoms with E-state index in [1.807, 2.05) is 38.1 Å². The molecular weight excluding hydrogens is 392 g/mol. The molecule has 1 saturated heterocycles. The topological polar surface area (TPSA) is 84.9 Å². The summed E-state index contributed by atoms with van der Waals surface area (Å²) < 4.78 is 37.7. The predicted molar refractivity (Wildman–Crippen MR) is 110 cm³/mol. The van der Waals surface area contributed by atoms with Crippen LogP contribution in [0.15, 0.2) is 53.4 Å². The molecule has 156 valence electrons. The fraction of sp³-hybridized carbons (Fsp3) is 0.381. The molecule has 2 aromatic rings. The predicted octanol–water partition coefficient (Wildman–Crippen LogP) is 2.21. The number of nitrogens with zero attached hydrogens (tertiary/aromatic N) is 1. The Hall–Kier alpha value is -2.42. The maximum atomic E-state index is 12.6. The van der Waals surface area contributed by atoms with Crippen molar-refractivity contribution < 1.29 is 22.7 Å². The zero-order valence-corrected chi connectivity index (χ0v) is 17.4. The summed E-state index contributed by atoms with van der Waals surface area (Å²) in [6.45, 7) is 5.61. The van der Waals surface area contributed by atoms with E-state index in [0.29, 0.717) is 38.5 Å². The van der Waals surface area contributed by atoms with Crippen molar-refractivity contribution in [3.05, 3.63) is 59.7 Å². The number of carbonyl (C=O) groups is 1. The second kappa shape index (κ2) is 9.39. The summed E-state index contributed by atoms with van der Waals surface area (Å²) >= 11 is 0. The molecule has 1 heterocycles. The number of ether oxygens (including phenoxy) is 2. The quantitative estimate of drug-likeness (QED) is 0.745. The second-order valence-corrected chi connectivity index (χ2v) is 8.93. The zero-order chi connectivity index (χ0) is 20.9. The number of morpholine rings is 1. The molecule has 1 atom stereocenters. The van der Waals surface area contributed by atoms with Crippen LogP contribution in [0.2, 0.25) is 0 Å². The molecule has 0 unspecified atom stereocenters. The van der Waals surface area contributed by atoms with Crippen molar-refractivity contribution in [1.82, 2.24) is 9.62 Å². The van der Waals surface area contributed by atoms with Gasteiger partial charge in [-0.2, -0.15) is 4.31 Å². The molecule has 0 spiro atoms. The lowest BCUT2D eigenvalue weighted by Crippen LogP contribution is -2.40. The summed E-state index contributed by atoms with van der Waals surface area (Å²) in [6, 6.07) is 13.5. The van der Waals surface area contributed by atoms with E-state index in [2.05, 4.69) is 5.32 Å². The molecule has 29 heavy (non-hydrogen) atoms. The number of amides is 1. The van der Waals surface area contributed by atoms with Crippen LogP contribution in [0, 0.1) is 6.92 Å². The number of para-hydroxylation sites is 1. The molecule has 0 aliphatic carbocycles. The molecular formula is C21H26N2O5S. The second-order valence-electron chi connectivity index (χ2n) is 6.99. The Kier molecular flexibility index (Phi) is 6.89. The van der Waals surface area contributed by atoms with Gasteiger partial charge in [-0.25, -0.2) is 8.42 Å². The van der Waals surface area contributed by atoms with Crippen LogP contribution in [-0.4, -0.2) is 57.6 Å². The van der Waals surface area contributed by atoms with Crippen LogP contribution < -0.4 is 10.1 Å². The van der Waals surface area contributed by atoms with Crippen molar-refractivity contribution >= 4 is 15.9 Å². The van der Waals surface area contributed by atoms with Gasteiger partial charge in [-0.15, -0.1) is 0 Å². The first-order valence-corrected chi connectivity index (χ1v) is 11.0. The van der Waals surface area contributed by atoms with Crippen molar-refractivity contribution in [3.8, 4) is 5.75 Å². The van der Waals surface area contributed by atoms with Gasteiger partial charge in [0.15, 0.2) is 0 Å². The third-order valence-corrected chi connectivity index (χ3v) is 6.60. The molecule has 1 fully saturated rings. The molecule has 0 saturated carbocycles. The smallest absolute Gasteiger partial charge is 0.251 e. The van der Waals surface area contributed by atoms with E-state index in [9.17, 15) is 13.2 Å². The van der Waals surface area contributed by atoms with Gasteiger partial charge >= 0.3 is 0 Å². The highest BCUT2D eigenvalue weighted by Crippen LogP contribution is 2.18. The van der Waals surface area contributed by atoms with Gasteiger partial charge in [-0.05, 0) is 49.7 Å². The summed E-state index contributed by atoms with van der Waals surface area (Å²) in [5.74, 6) is 0.507. The summed E-state index contributed by atoms with van der Waals surface area (Å²) in [4.78, 5) is 12.6. The molecule has 3 rings (SSSR count). The lowest BCUT2D eigenvalue weighted by Gasteiger charge is -2.26. The van der Waals surface area contributed by atoms with Gasteiger partial charge in [-0.3, -0.25) is 4.79 Å². The number of aryl methyl sites for hydroxylation is 1. The normalized spacial score (nSPS) is 16.2. The standard InChI is InChI=1S/C21H26N2O5S/c1-16-5-3-4-6-20(16)28-15-17(2)22-21(24)18-7-9-19(10-8-18)29(25,26)23-11-13-27-14-12-23/h3-10,17H,11-15H2,1-2H3,(H,22,24)/t17-/m0/s1. The van der Waals surface area contributed by atoms with Crippen LogP contribution in [0.5, 0.6) is 5.75 Å². The average Bonchev–Trinajstić information content (AvgIpc) is 2.74. The SMILES string of the molecule is Cc1ccccc1OC[C@H](C)NC(=O)c1ccc(S(=O)(=O)N2CCOCC2)cc1. The zero-order valence-electron chi connectivity index (χ0n) is 16.6. The third-order valence-electron chi connectivity index (χ3n) is 4.68. The minimum atomic E-state index is -3.57. The van der Waals surface area contributed by atoms with E-state index in [1.54, 1.807) is 0 Å². The van der Waals surface area contributed by atoms with E-state index in [-0.39, 0.29) is 16.8 Å². The van der Waals surface area contributed by atoms with Crippen LogP contribution >= 0.6 is 0 Å². The Morgan fingerprint density at radius 1 is 1.14 bits per heavy atom. The first-order chi connectivity index (χ1) is 13.9. The number of nitrogens with one attached hydrogen (secondary N) is 1. The Balaban J connectivity index is 1.57. The van der Waals surface area contributed by atoms with E-state index in [1.165, 1.54) is 28.6 Å². The Bertz CT molecular complexity index is 938. The van der Waals surface area contributed by atoms with Gasteiger partial charge in [0, 0.05) is 18.7 Å². The van der Waals surface area contributed by atoms with E-state index < -0.39 is 10.0 Å². The first-order valence-electron chi connectivity index (χ1n) is 9.55. The number of hydrogen-bond acceptors (Lipinski definition) is 5. The lowest BCUT2D eigenvalue weighted by molar-refractivity contribution is 0.0730. The maximum absolute atomic E-state index is 12.6. The van der Waals surface area contributed by atoms with Crippen LogP contribution in [0.3, 0.4) is 0 Å². The van der Waals surface area contributed by atoms with Gasteiger partial charge in [0.25, 0.3) is 5.91 Å². The molecule has 1 N–H and O–H groups in total. The molecule has 0 radical (unpaired) electrons. The molecule has 8 heteroatoms. The van der Waals surface area contributed by atoms with Crippen LogP contribution in [0.25, 0.3) is 0 Å². The van der Waals surface area contributed by atoms with Crippen molar-refractivity contribution in [2.75, 3.05) is 32.9 Å². The number of carbonyl (C=O) groups excluding carboxylic acids is 1. The Morgan fingerprint density at radius 2 is 1.79 bits per heavy atom. The molecule has 1 aliphatic heterocycles. The van der Waals surface area contributed by atoms with Crippen molar-refractivity contribution in [2.24, 2.45) is 0 Å². The summed E-state index contributed by atoms with van der Waals surface area (Å²) in [5, 5.41) is 2.87. The van der Waals surface area contributed by atoms with Gasteiger partial charge in [0.2, 0.25) is 10.0 Å². The molecule has 1 aliphatic rings. The fourth-order valence-electron chi connectivity index (χ4n) is 3.00. The average molecular weight is 419 g/mol. The molecule has 0 aromatic heterocycles. The fourth-order valence-corrected chi connectivity index (χ4v) is 4.40. The minimum Gasteiger partial charge on any atom is -0.491 e. The number of rotatable bonds is 7. The summed E-state index contributed by atoms with van der Waals surface area (Å²) in [7, 11) is -3.57.